The van der Waals surface area contributed by atoms with Crippen LogP contribution in [0.2, 0.25) is 5.02 Å². The molecule has 170 valence electrons. The van der Waals surface area contributed by atoms with Crippen molar-refractivity contribution in [3.63, 3.8) is 0 Å². The van der Waals surface area contributed by atoms with Crippen LogP contribution in [-0.2, 0) is 0 Å². The second-order valence-electron chi connectivity index (χ2n) is 7.76. The Balaban J connectivity index is 1.66. The molecule has 4 aromatic rings. The number of anilines is 1. The SMILES string of the molecule is COc1cccc(N2C(=S)NC(c3ccc(Cl)cc3)C(c3nc(-c4ccccc4)no3)=C2C)c1. The fraction of sp³-hybridized carbons (Fsp3) is 0.115. The van der Waals surface area contributed by atoms with Crippen molar-refractivity contribution in [2.45, 2.75) is 13.0 Å². The number of aromatic nitrogens is 2. The van der Waals surface area contributed by atoms with Crippen LogP contribution >= 0.6 is 23.8 Å². The second kappa shape index (κ2) is 9.29. The molecular weight excluding hydrogens is 468 g/mol. The number of halogens is 1. The number of hydrogen-bond donors (Lipinski definition) is 1. The van der Waals surface area contributed by atoms with Gasteiger partial charge in [0.1, 0.15) is 5.75 Å². The lowest BCUT2D eigenvalue weighted by molar-refractivity contribution is 0.404. The van der Waals surface area contributed by atoms with Crippen molar-refractivity contribution in [3.8, 4) is 17.1 Å². The molecule has 2 heterocycles. The van der Waals surface area contributed by atoms with E-state index >= 15 is 0 Å². The summed E-state index contributed by atoms with van der Waals surface area (Å²) in [4.78, 5) is 6.69. The van der Waals surface area contributed by atoms with E-state index in [9.17, 15) is 0 Å². The van der Waals surface area contributed by atoms with Gasteiger partial charge in [0, 0.05) is 22.3 Å². The normalized spacial score (nSPS) is 15.9. The number of rotatable bonds is 5. The maximum absolute atomic E-state index is 6.15. The Morgan fingerprint density at radius 1 is 1.03 bits per heavy atom. The Bertz CT molecular complexity index is 1370. The number of nitrogens with zero attached hydrogens (tertiary/aromatic N) is 3. The smallest absolute Gasteiger partial charge is 0.258 e. The first-order valence-corrected chi connectivity index (χ1v) is 11.4. The standard InChI is InChI=1S/C26H21ClN4O2S/c1-16-22(25-29-24(30-33-25)18-7-4-3-5-8-18)23(17-11-13-19(27)14-12-17)28-26(34)31(16)20-9-6-10-21(15-20)32-2/h3-15,23H,1-2H3,(H,28,34). The van der Waals surface area contributed by atoms with Gasteiger partial charge >= 0.3 is 0 Å². The van der Waals surface area contributed by atoms with Crippen LogP contribution in [0.15, 0.2) is 89.1 Å². The maximum atomic E-state index is 6.15. The van der Waals surface area contributed by atoms with Crippen LogP contribution in [0.1, 0.15) is 24.4 Å². The summed E-state index contributed by atoms with van der Waals surface area (Å²) in [5, 5.41) is 8.91. The molecule has 34 heavy (non-hydrogen) atoms. The zero-order valence-electron chi connectivity index (χ0n) is 18.5. The Morgan fingerprint density at radius 3 is 2.53 bits per heavy atom. The van der Waals surface area contributed by atoms with E-state index in [0.29, 0.717) is 21.9 Å². The van der Waals surface area contributed by atoms with Crippen molar-refractivity contribution in [1.29, 1.82) is 0 Å². The molecule has 1 aromatic heterocycles. The second-order valence-corrected chi connectivity index (χ2v) is 8.58. The van der Waals surface area contributed by atoms with E-state index < -0.39 is 0 Å². The first-order valence-electron chi connectivity index (χ1n) is 10.7. The van der Waals surface area contributed by atoms with E-state index in [1.807, 2.05) is 90.7 Å². The van der Waals surface area contributed by atoms with Crippen LogP contribution in [-0.4, -0.2) is 22.4 Å². The number of nitrogens with one attached hydrogen (secondary N) is 1. The minimum Gasteiger partial charge on any atom is -0.497 e. The van der Waals surface area contributed by atoms with Crippen LogP contribution in [0, 0.1) is 0 Å². The quantitative estimate of drug-likeness (QED) is 0.332. The van der Waals surface area contributed by atoms with E-state index in [0.717, 1.165) is 33.8 Å². The molecule has 0 spiro atoms. The molecule has 0 amide bonds. The van der Waals surface area contributed by atoms with Gasteiger partial charge in [-0.05, 0) is 49.0 Å². The Morgan fingerprint density at radius 2 is 1.79 bits per heavy atom. The van der Waals surface area contributed by atoms with Crippen molar-refractivity contribution < 1.29 is 9.26 Å². The van der Waals surface area contributed by atoms with Crippen molar-refractivity contribution in [2.24, 2.45) is 0 Å². The largest absolute Gasteiger partial charge is 0.497 e. The first-order chi connectivity index (χ1) is 16.5. The number of methoxy groups -OCH3 is 1. The van der Waals surface area contributed by atoms with Gasteiger partial charge in [0.25, 0.3) is 5.89 Å². The lowest BCUT2D eigenvalue weighted by Gasteiger charge is -2.37. The van der Waals surface area contributed by atoms with Crippen molar-refractivity contribution in [1.82, 2.24) is 15.5 Å². The molecule has 0 saturated heterocycles. The molecule has 0 saturated carbocycles. The lowest BCUT2D eigenvalue weighted by atomic mass is 9.94. The van der Waals surface area contributed by atoms with Gasteiger partial charge < -0.3 is 14.6 Å². The summed E-state index contributed by atoms with van der Waals surface area (Å²) in [6, 6.07) is 24.8. The third-order valence-electron chi connectivity index (χ3n) is 5.69. The summed E-state index contributed by atoms with van der Waals surface area (Å²) in [5.74, 6) is 1.67. The predicted octanol–water partition coefficient (Wildman–Crippen LogP) is 6.27. The van der Waals surface area contributed by atoms with Crippen molar-refractivity contribution in [3.05, 3.63) is 101 Å². The van der Waals surface area contributed by atoms with Crippen molar-refractivity contribution >= 4 is 40.2 Å². The highest BCUT2D eigenvalue weighted by Crippen LogP contribution is 2.40. The zero-order valence-corrected chi connectivity index (χ0v) is 20.1. The third kappa shape index (κ3) is 4.16. The molecule has 1 N–H and O–H groups in total. The molecule has 1 aliphatic rings. The van der Waals surface area contributed by atoms with Gasteiger partial charge in [-0.25, -0.2) is 0 Å². The summed E-state index contributed by atoms with van der Waals surface area (Å²) in [5.41, 5.74) is 4.42. The highest BCUT2D eigenvalue weighted by atomic mass is 35.5. The predicted molar refractivity (Wildman–Crippen MR) is 138 cm³/mol. The van der Waals surface area contributed by atoms with Crippen LogP contribution in [0.5, 0.6) is 5.75 Å². The molecule has 6 nitrogen and oxygen atoms in total. The molecule has 1 unspecified atom stereocenters. The maximum Gasteiger partial charge on any atom is 0.258 e. The summed E-state index contributed by atoms with van der Waals surface area (Å²) >= 11 is 11.9. The average molecular weight is 489 g/mol. The number of hydrogen-bond acceptors (Lipinski definition) is 5. The molecular formula is C26H21ClN4O2S. The molecule has 0 bridgehead atoms. The van der Waals surface area contributed by atoms with Gasteiger partial charge in [-0.2, -0.15) is 4.98 Å². The molecule has 0 aliphatic carbocycles. The first kappa shape index (κ1) is 22.1. The number of benzene rings is 3. The molecule has 1 atom stereocenters. The fourth-order valence-corrected chi connectivity index (χ4v) is 4.51. The van der Waals surface area contributed by atoms with Gasteiger partial charge in [0.05, 0.1) is 24.4 Å². The van der Waals surface area contributed by atoms with Crippen molar-refractivity contribution in [2.75, 3.05) is 12.0 Å². The van der Waals surface area contributed by atoms with Gasteiger partial charge in [-0.3, -0.25) is 4.90 Å². The summed E-state index contributed by atoms with van der Waals surface area (Å²) in [7, 11) is 1.64. The summed E-state index contributed by atoms with van der Waals surface area (Å²) < 4.78 is 11.2. The number of thiocarbonyl (C=S) groups is 1. The Hall–Kier alpha value is -3.68. The zero-order chi connectivity index (χ0) is 23.7. The summed E-state index contributed by atoms with van der Waals surface area (Å²) in [6.07, 6.45) is 0. The topological polar surface area (TPSA) is 63.4 Å². The minimum atomic E-state index is -0.296. The Labute approximate surface area is 207 Å². The lowest BCUT2D eigenvalue weighted by Crippen LogP contribution is -2.46. The van der Waals surface area contributed by atoms with Crippen LogP contribution in [0.25, 0.3) is 17.0 Å². The van der Waals surface area contributed by atoms with E-state index in [2.05, 4.69) is 10.5 Å². The van der Waals surface area contributed by atoms with Crippen LogP contribution in [0.3, 0.4) is 0 Å². The molecule has 1 aliphatic heterocycles. The third-order valence-corrected chi connectivity index (χ3v) is 6.24. The van der Waals surface area contributed by atoms with E-state index in [4.69, 9.17) is 38.1 Å². The monoisotopic (exact) mass is 488 g/mol. The van der Waals surface area contributed by atoms with E-state index in [1.54, 1.807) is 7.11 Å². The number of allylic oxidation sites excluding steroid dienone is 1. The van der Waals surface area contributed by atoms with Crippen LogP contribution < -0.4 is 15.0 Å². The van der Waals surface area contributed by atoms with E-state index in [-0.39, 0.29) is 6.04 Å². The highest BCUT2D eigenvalue weighted by Gasteiger charge is 2.34. The molecule has 8 heteroatoms. The van der Waals surface area contributed by atoms with E-state index in [1.165, 1.54) is 0 Å². The average Bonchev–Trinajstić information content (AvgIpc) is 3.35. The van der Waals surface area contributed by atoms with Gasteiger partial charge in [-0.1, -0.05) is 65.3 Å². The van der Waals surface area contributed by atoms with Crippen LogP contribution in [0.4, 0.5) is 5.69 Å². The minimum absolute atomic E-state index is 0.296. The molecule has 0 fully saturated rings. The molecule has 5 rings (SSSR count). The highest BCUT2D eigenvalue weighted by molar-refractivity contribution is 7.80. The molecule has 0 radical (unpaired) electrons. The summed E-state index contributed by atoms with van der Waals surface area (Å²) in [6.45, 7) is 2.00. The van der Waals surface area contributed by atoms with Gasteiger partial charge in [-0.15, -0.1) is 0 Å². The Kier molecular flexibility index (Phi) is 6.04. The number of ether oxygens (including phenoxy) is 1. The van der Waals surface area contributed by atoms with Gasteiger partial charge in [0.15, 0.2) is 5.11 Å². The van der Waals surface area contributed by atoms with Gasteiger partial charge in [0.2, 0.25) is 5.82 Å². The molecule has 3 aromatic carbocycles. The fourth-order valence-electron chi connectivity index (χ4n) is 4.02.